The van der Waals surface area contributed by atoms with E-state index in [1.165, 1.54) is 0 Å². The van der Waals surface area contributed by atoms with Gasteiger partial charge in [-0.1, -0.05) is 18.5 Å². The van der Waals surface area contributed by atoms with E-state index in [2.05, 4.69) is 22.6 Å². The maximum Gasteiger partial charge on any atom is 0.230 e. The number of nitrogens with zero attached hydrogens (tertiary/aromatic N) is 1. The van der Waals surface area contributed by atoms with E-state index in [0.29, 0.717) is 5.02 Å². The molecule has 1 aliphatic rings. The Kier molecular flexibility index (Phi) is 3.95. The molecule has 17 heavy (non-hydrogen) atoms. The van der Waals surface area contributed by atoms with Gasteiger partial charge in [0.25, 0.3) is 0 Å². The van der Waals surface area contributed by atoms with E-state index in [-0.39, 0.29) is 18.4 Å². The SMILES string of the molecule is CC[C@H]1[C@@H](O)CC(=O)N1c1ccc(I)c(Cl)c1. The molecule has 2 rings (SSSR count). The molecule has 1 aromatic rings. The molecule has 1 heterocycles. The average Bonchev–Trinajstić information content (AvgIpc) is 2.57. The molecule has 92 valence electrons. The summed E-state index contributed by atoms with van der Waals surface area (Å²) >= 11 is 8.20. The second-order valence-electron chi connectivity index (χ2n) is 4.11. The van der Waals surface area contributed by atoms with Crippen molar-refractivity contribution in [3.8, 4) is 0 Å². The van der Waals surface area contributed by atoms with Gasteiger partial charge >= 0.3 is 0 Å². The number of aliphatic hydroxyl groups excluding tert-OH is 1. The highest BCUT2D eigenvalue weighted by Crippen LogP contribution is 2.31. The van der Waals surface area contributed by atoms with Gasteiger partial charge in [0, 0.05) is 9.26 Å². The maximum atomic E-state index is 11.9. The lowest BCUT2D eigenvalue weighted by atomic mass is 10.1. The Morgan fingerprint density at radius 3 is 2.88 bits per heavy atom. The second kappa shape index (κ2) is 5.12. The van der Waals surface area contributed by atoms with Crippen LogP contribution in [0.15, 0.2) is 18.2 Å². The second-order valence-corrected chi connectivity index (χ2v) is 5.68. The van der Waals surface area contributed by atoms with E-state index in [4.69, 9.17) is 11.6 Å². The van der Waals surface area contributed by atoms with E-state index < -0.39 is 6.10 Å². The van der Waals surface area contributed by atoms with Crippen LogP contribution in [-0.2, 0) is 4.79 Å². The summed E-state index contributed by atoms with van der Waals surface area (Å²) in [6.45, 7) is 1.97. The zero-order valence-electron chi connectivity index (χ0n) is 9.36. The van der Waals surface area contributed by atoms with Crippen molar-refractivity contribution in [2.24, 2.45) is 0 Å². The Balaban J connectivity index is 2.37. The minimum absolute atomic E-state index is 0.0402. The van der Waals surface area contributed by atoms with Crippen LogP contribution in [-0.4, -0.2) is 23.2 Å². The molecule has 1 amide bonds. The van der Waals surface area contributed by atoms with Gasteiger partial charge in [-0.3, -0.25) is 4.79 Å². The summed E-state index contributed by atoms with van der Waals surface area (Å²) < 4.78 is 0.952. The monoisotopic (exact) mass is 365 g/mol. The Morgan fingerprint density at radius 2 is 2.29 bits per heavy atom. The lowest BCUT2D eigenvalue weighted by Crippen LogP contribution is -2.36. The first-order valence-corrected chi connectivity index (χ1v) is 6.95. The van der Waals surface area contributed by atoms with Crippen LogP contribution in [0.3, 0.4) is 0 Å². The highest BCUT2D eigenvalue weighted by molar-refractivity contribution is 14.1. The predicted molar refractivity (Wildman–Crippen MR) is 76.4 cm³/mol. The lowest BCUT2D eigenvalue weighted by molar-refractivity contribution is -0.117. The summed E-state index contributed by atoms with van der Waals surface area (Å²) in [6, 6.07) is 5.38. The smallest absolute Gasteiger partial charge is 0.230 e. The number of halogens is 2. The fourth-order valence-corrected chi connectivity index (χ4v) is 2.71. The van der Waals surface area contributed by atoms with Crippen molar-refractivity contribution in [2.75, 3.05) is 4.90 Å². The molecule has 0 aromatic heterocycles. The Hall–Kier alpha value is -0.330. The Labute approximate surface area is 119 Å². The van der Waals surface area contributed by atoms with Crippen LogP contribution in [0.1, 0.15) is 19.8 Å². The van der Waals surface area contributed by atoms with Gasteiger partial charge in [0.1, 0.15) is 0 Å². The highest BCUT2D eigenvalue weighted by atomic mass is 127. The molecule has 0 saturated carbocycles. The molecule has 1 saturated heterocycles. The first-order chi connectivity index (χ1) is 8.04. The molecule has 0 bridgehead atoms. The molecular weight excluding hydrogens is 352 g/mol. The van der Waals surface area contributed by atoms with Gasteiger partial charge in [-0.25, -0.2) is 0 Å². The van der Waals surface area contributed by atoms with Gasteiger partial charge in [0.2, 0.25) is 5.91 Å². The zero-order valence-corrected chi connectivity index (χ0v) is 12.3. The van der Waals surface area contributed by atoms with Gasteiger partial charge in [-0.2, -0.15) is 0 Å². The van der Waals surface area contributed by atoms with Crippen molar-refractivity contribution in [2.45, 2.75) is 31.9 Å². The third-order valence-corrected chi connectivity index (χ3v) is 4.60. The van der Waals surface area contributed by atoms with Crippen molar-refractivity contribution in [3.63, 3.8) is 0 Å². The van der Waals surface area contributed by atoms with Crippen molar-refractivity contribution < 1.29 is 9.90 Å². The van der Waals surface area contributed by atoms with E-state index in [9.17, 15) is 9.90 Å². The zero-order chi connectivity index (χ0) is 12.6. The molecule has 0 spiro atoms. The molecule has 0 aliphatic carbocycles. The summed E-state index contributed by atoms with van der Waals surface area (Å²) in [4.78, 5) is 13.5. The molecule has 1 aliphatic heterocycles. The number of rotatable bonds is 2. The average molecular weight is 366 g/mol. The summed E-state index contributed by atoms with van der Waals surface area (Å²) in [5.74, 6) is -0.0402. The number of hydrogen-bond donors (Lipinski definition) is 1. The molecule has 1 aromatic carbocycles. The molecule has 0 unspecified atom stereocenters. The third kappa shape index (κ3) is 2.44. The molecule has 3 nitrogen and oxygen atoms in total. The fraction of sp³-hybridized carbons (Fsp3) is 0.417. The summed E-state index contributed by atoms with van der Waals surface area (Å²) in [7, 11) is 0. The number of benzene rings is 1. The molecular formula is C12H13ClINO2. The van der Waals surface area contributed by atoms with Crippen LogP contribution in [0.2, 0.25) is 5.02 Å². The Bertz CT molecular complexity index is 452. The van der Waals surface area contributed by atoms with Crippen LogP contribution in [0, 0.1) is 3.57 Å². The maximum absolute atomic E-state index is 11.9. The topological polar surface area (TPSA) is 40.5 Å². The first kappa shape index (κ1) is 13.1. The van der Waals surface area contributed by atoms with Gasteiger partial charge in [-0.05, 0) is 47.2 Å². The number of carbonyl (C=O) groups is 1. The van der Waals surface area contributed by atoms with Crippen molar-refractivity contribution in [1.82, 2.24) is 0 Å². The molecule has 1 N–H and O–H groups in total. The van der Waals surface area contributed by atoms with Gasteiger partial charge in [0.05, 0.1) is 23.6 Å². The number of aliphatic hydroxyl groups is 1. The number of anilines is 1. The number of amides is 1. The van der Waals surface area contributed by atoms with Gasteiger partial charge in [-0.15, -0.1) is 0 Å². The van der Waals surface area contributed by atoms with Crippen molar-refractivity contribution >= 4 is 45.8 Å². The lowest BCUT2D eigenvalue weighted by Gasteiger charge is -2.25. The molecule has 5 heteroatoms. The minimum Gasteiger partial charge on any atom is -0.390 e. The molecule has 0 radical (unpaired) electrons. The summed E-state index contributed by atoms with van der Waals surface area (Å²) in [5.41, 5.74) is 0.767. The van der Waals surface area contributed by atoms with Crippen LogP contribution in [0.5, 0.6) is 0 Å². The van der Waals surface area contributed by atoms with Crippen LogP contribution < -0.4 is 4.90 Å². The summed E-state index contributed by atoms with van der Waals surface area (Å²) in [5, 5.41) is 10.4. The molecule has 1 fully saturated rings. The largest absolute Gasteiger partial charge is 0.390 e. The van der Waals surface area contributed by atoms with Crippen LogP contribution in [0.4, 0.5) is 5.69 Å². The normalized spacial score (nSPS) is 24.5. The highest BCUT2D eigenvalue weighted by Gasteiger charge is 2.38. The van der Waals surface area contributed by atoms with E-state index in [1.54, 1.807) is 11.0 Å². The van der Waals surface area contributed by atoms with Gasteiger partial charge in [0.15, 0.2) is 0 Å². The van der Waals surface area contributed by atoms with E-state index in [1.807, 2.05) is 19.1 Å². The van der Waals surface area contributed by atoms with E-state index >= 15 is 0 Å². The number of carbonyl (C=O) groups excluding carboxylic acids is 1. The quantitative estimate of drug-likeness (QED) is 0.819. The fourth-order valence-electron chi connectivity index (χ4n) is 2.20. The van der Waals surface area contributed by atoms with Crippen molar-refractivity contribution in [1.29, 1.82) is 0 Å². The minimum atomic E-state index is -0.578. The summed E-state index contributed by atoms with van der Waals surface area (Å²) in [6.07, 6.45) is 0.351. The molecule has 2 atom stereocenters. The van der Waals surface area contributed by atoms with Crippen LogP contribution >= 0.6 is 34.2 Å². The first-order valence-electron chi connectivity index (χ1n) is 5.49. The van der Waals surface area contributed by atoms with Crippen LogP contribution in [0.25, 0.3) is 0 Å². The van der Waals surface area contributed by atoms with Crippen molar-refractivity contribution in [3.05, 3.63) is 26.8 Å². The van der Waals surface area contributed by atoms with E-state index in [0.717, 1.165) is 15.7 Å². The Morgan fingerprint density at radius 1 is 1.59 bits per heavy atom. The van der Waals surface area contributed by atoms with Gasteiger partial charge < -0.3 is 10.0 Å². The third-order valence-electron chi connectivity index (χ3n) is 3.03. The standard InChI is InChI=1S/C12H13ClINO2/c1-2-10-11(16)6-12(17)15(10)7-3-4-9(14)8(13)5-7/h3-5,10-11,16H,2,6H2,1H3/t10-,11-/m0/s1. The predicted octanol–water partition coefficient (Wildman–Crippen LogP) is 2.82. The number of hydrogen-bond acceptors (Lipinski definition) is 2.